The molecule has 0 aliphatic carbocycles. The first-order valence-electron chi connectivity index (χ1n) is 12.2. The monoisotopic (exact) mass is 511 g/mol. The van der Waals surface area contributed by atoms with Crippen LogP contribution in [0.15, 0.2) is 108 Å². The first-order chi connectivity index (χ1) is 18.8. The summed E-state index contributed by atoms with van der Waals surface area (Å²) in [6, 6.07) is 29.7. The van der Waals surface area contributed by atoms with Crippen LogP contribution in [-0.2, 0) is 0 Å². The molecule has 7 nitrogen and oxygen atoms in total. The average molecular weight is 512 g/mol. The third-order valence-electron chi connectivity index (χ3n) is 6.43. The Kier molecular flexibility index (Phi) is 5.56. The Morgan fingerprint density at radius 2 is 1.53 bits per heavy atom. The van der Waals surface area contributed by atoms with Crippen LogP contribution < -0.4 is 10.6 Å². The predicted octanol–water partition coefficient (Wildman–Crippen LogP) is 6.65. The second-order valence-electron chi connectivity index (χ2n) is 8.89. The van der Waals surface area contributed by atoms with Crippen molar-refractivity contribution in [2.75, 3.05) is 12.0 Å². The van der Waals surface area contributed by atoms with Gasteiger partial charge in [0.2, 0.25) is 0 Å². The van der Waals surface area contributed by atoms with Gasteiger partial charge in [0.15, 0.2) is 5.82 Å². The summed E-state index contributed by atoms with van der Waals surface area (Å²) in [5, 5.41) is 9.34. The highest BCUT2D eigenvalue weighted by Gasteiger charge is 2.12. The van der Waals surface area contributed by atoms with Crippen LogP contribution in [0.5, 0.6) is 0 Å². The van der Waals surface area contributed by atoms with Crippen LogP contribution in [0.3, 0.4) is 0 Å². The van der Waals surface area contributed by atoms with Gasteiger partial charge in [-0.15, -0.1) is 11.3 Å². The number of hydrogen-bond donors (Lipinski definition) is 2. The van der Waals surface area contributed by atoms with Crippen molar-refractivity contribution < 1.29 is 0 Å². The number of anilines is 2. The molecule has 0 fully saturated rings. The standard InChI is InChI=1S/C30H21N7S/c1-2-7-27-25(6-1)26-14-19(8-9-28(26)38-27)21-10-22(30-35-17-32-18-36-30)13-24(12-21)37-23-5-3-4-20(11-23)29-33-15-31-16-34-29/h1-15,17-18,37H,16H2,(H,31,33,34). The highest BCUT2D eigenvalue weighted by molar-refractivity contribution is 7.25. The number of fused-ring (bicyclic) bond motifs is 3. The maximum Gasteiger partial charge on any atom is 0.162 e. The Morgan fingerprint density at radius 1 is 0.684 bits per heavy atom. The third-order valence-corrected chi connectivity index (χ3v) is 7.58. The zero-order valence-electron chi connectivity index (χ0n) is 20.2. The number of benzene rings is 4. The van der Waals surface area contributed by atoms with Gasteiger partial charge in [0, 0.05) is 42.7 Å². The van der Waals surface area contributed by atoms with Gasteiger partial charge in [-0.3, -0.25) is 4.99 Å². The van der Waals surface area contributed by atoms with E-state index in [9.17, 15) is 0 Å². The second kappa shape index (κ2) is 9.49. The number of amidine groups is 1. The number of aliphatic imine (C=N–C) groups is 2. The third kappa shape index (κ3) is 4.27. The van der Waals surface area contributed by atoms with Crippen molar-refractivity contribution >= 4 is 55.1 Å². The van der Waals surface area contributed by atoms with Crippen molar-refractivity contribution in [3.8, 4) is 22.5 Å². The van der Waals surface area contributed by atoms with E-state index in [4.69, 9.17) is 0 Å². The fourth-order valence-electron chi connectivity index (χ4n) is 4.68. The second-order valence-corrected chi connectivity index (χ2v) is 9.97. The molecule has 1 aliphatic heterocycles. The molecule has 0 spiro atoms. The minimum atomic E-state index is 0.525. The van der Waals surface area contributed by atoms with E-state index in [1.54, 1.807) is 6.34 Å². The molecule has 7 rings (SSSR count). The fourth-order valence-corrected chi connectivity index (χ4v) is 5.77. The molecular weight excluding hydrogens is 490 g/mol. The largest absolute Gasteiger partial charge is 0.355 e. The number of aromatic nitrogens is 3. The molecule has 2 aromatic heterocycles. The smallest absolute Gasteiger partial charge is 0.162 e. The van der Waals surface area contributed by atoms with Crippen molar-refractivity contribution in [2.24, 2.45) is 9.98 Å². The van der Waals surface area contributed by atoms with Gasteiger partial charge in [0.05, 0.1) is 0 Å². The summed E-state index contributed by atoms with van der Waals surface area (Å²) < 4.78 is 2.58. The molecule has 0 saturated heterocycles. The predicted molar refractivity (Wildman–Crippen MR) is 156 cm³/mol. The molecule has 38 heavy (non-hydrogen) atoms. The van der Waals surface area contributed by atoms with Gasteiger partial charge in [0.1, 0.15) is 31.5 Å². The summed E-state index contributed by atoms with van der Waals surface area (Å²) in [5.41, 5.74) is 6.00. The number of hydrogen-bond acceptors (Lipinski definition) is 8. The Bertz CT molecular complexity index is 1860. The normalized spacial score (nSPS) is 12.9. The van der Waals surface area contributed by atoms with Gasteiger partial charge in [-0.1, -0.05) is 36.4 Å². The maximum atomic E-state index is 4.41. The highest BCUT2D eigenvalue weighted by atomic mass is 32.1. The molecule has 8 heteroatoms. The molecule has 2 N–H and O–H groups in total. The molecule has 0 atom stereocenters. The molecule has 0 amide bonds. The first kappa shape index (κ1) is 22.3. The summed E-state index contributed by atoms with van der Waals surface area (Å²) in [7, 11) is 0. The molecule has 0 saturated carbocycles. The Hall–Kier alpha value is -4.95. The SMILES string of the molecule is C1=NCNC(c2cccc(Nc3cc(-c4ccc5sc6ccccc6c5c4)cc(-c4ncncn4)c3)c2)=N1. The van der Waals surface area contributed by atoms with Crippen LogP contribution in [-0.4, -0.2) is 33.8 Å². The van der Waals surface area contributed by atoms with Gasteiger partial charge in [0.25, 0.3) is 0 Å². The fraction of sp³-hybridized carbons (Fsp3) is 0.0333. The molecule has 0 radical (unpaired) electrons. The molecule has 4 aromatic carbocycles. The summed E-state index contributed by atoms with van der Waals surface area (Å²) in [4.78, 5) is 21.3. The molecule has 0 unspecified atom stereocenters. The molecule has 6 aromatic rings. The van der Waals surface area contributed by atoms with Gasteiger partial charge >= 0.3 is 0 Å². The Balaban J connectivity index is 1.32. The number of thiophene rings is 1. The maximum absolute atomic E-state index is 4.41. The van der Waals surface area contributed by atoms with Crippen LogP contribution >= 0.6 is 11.3 Å². The number of nitrogens with one attached hydrogen (secondary N) is 2. The molecule has 0 bridgehead atoms. The van der Waals surface area contributed by atoms with E-state index in [0.29, 0.717) is 12.5 Å². The zero-order chi connectivity index (χ0) is 25.3. The molecule has 182 valence electrons. The van der Waals surface area contributed by atoms with E-state index in [1.165, 1.54) is 32.8 Å². The van der Waals surface area contributed by atoms with E-state index < -0.39 is 0 Å². The minimum absolute atomic E-state index is 0.525. The van der Waals surface area contributed by atoms with Crippen LogP contribution in [0.2, 0.25) is 0 Å². The first-order valence-corrected chi connectivity index (χ1v) is 13.0. The van der Waals surface area contributed by atoms with Crippen molar-refractivity contribution in [3.05, 3.63) is 103 Å². The van der Waals surface area contributed by atoms with Gasteiger partial charge in [-0.05, 0) is 59.7 Å². The van der Waals surface area contributed by atoms with Gasteiger partial charge in [-0.25, -0.2) is 19.9 Å². The van der Waals surface area contributed by atoms with Crippen LogP contribution in [0.4, 0.5) is 11.4 Å². The van der Waals surface area contributed by atoms with Crippen LogP contribution in [0.25, 0.3) is 42.7 Å². The summed E-state index contributed by atoms with van der Waals surface area (Å²) in [6.07, 6.45) is 4.64. The summed E-state index contributed by atoms with van der Waals surface area (Å²) in [5.74, 6) is 1.43. The van der Waals surface area contributed by atoms with Crippen molar-refractivity contribution in [1.82, 2.24) is 20.3 Å². The van der Waals surface area contributed by atoms with Gasteiger partial charge in [-0.2, -0.15) is 0 Å². The lowest BCUT2D eigenvalue weighted by atomic mass is 9.99. The number of rotatable bonds is 5. The molecule has 3 heterocycles. The van der Waals surface area contributed by atoms with E-state index in [1.807, 2.05) is 29.5 Å². The van der Waals surface area contributed by atoms with E-state index in [0.717, 1.165) is 39.5 Å². The topological polar surface area (TPSA) is 87.5 Å². The van der Waals surface area contributed by atoms with Crippen LogP contribution in [0.1, 0.15) is 5.56 Å². The minimum Gasteiger partial charge on any atom is -0.355 e. The lowest BCUT2D eigenvalue weighted by Gasteiger charge is -2.14. The molecule has 1 aliphatic rings. The van der Waals surface area contributed by atoms with E-state index >= 15 is 0 Å². The van der Waals surface area contributed by atoms with Crippen molar-refractivity contribution in [2.45, 2.75) is 0 Å². The van der Waals surface area contributed by atoms with Gasteiger partial charge < -0.3 is 10.6 Å². The number of nitrogens with zero attached hydrogens (tertiary/aromatic N) is 5. The summed E-state index contributed by atoms with van der Waals surface area (Å²) >= 11 is 1.82. The highest BCUT2D eigenvalue weighted by Crippen LogP contribution is 2.37. The van der Waals surface area contributed by atoms with Crippen LogP contribution in [0, 0.1) is 0 Å². The lowest BCUT2D eigenvalue weighted by Crippen LogP contribution is -2.27. The Morgan fingerprint density at radius 3 is 2.42 bits per heavy atom. The van der Waals surface area contributed by atoms with E-state index in [-0.39, 0.29) is 0 Å². The average Bonchev–Trinajstić information content (AvgIpc) is 3.36. The van der Waals surface area contributed by atoms with Crippen molar-refractivity contribution in [1.29, 1.82) is 0 Å². The quantitative estimate of drug-likeness (QED) is 0.270. The molecular formula is C30H21N7S. The summed E-state index contributed by atoms with van der Waals surface area (Å²) in [6.45, 7) is 0.525. The van der Waals surface area contributed by atoms with Crippen molar-refractivity contribution in [3.63, 3.8) is 0 Å². The zero-order valence-corrected chi connectivity index (χ0v) is 21.0. The Labute approximate surface area is 222 Å². The lowest BCUT2D eigenvalue weighted by molar-refractivity contribution is 0.915. The van der Waals surface area contributed by atoms with E-state index in [2.05, 4.69) is 102 Å².